The van der Waals surface area contributed by atoms with Gasteiger partial charge in [0.05, 0.1) is 0 Å². The third-order valence-corrected chi connectivity index (χ3v) is 4.55. The molecule has 0 spiro atoms. The number of fused-ring (bicyclic) bond motifs is 1. The first kappa shape index (κ1) is 16.5. The van der Waals surface area contributed by atoms with Gasteiger partial charge in [-0.2, -0.15) is 9.36 Å². The van der Waals surface area contributed by atoms with Gasteiger partial charge in [-0.15, -0.1) is 0 Å². The molecule has 0 aliphatic heterocycles. The fourth-order valence-electron chi connectivity index (χ4n) is 2.66. The van der Waals surface area contributed by atoms with Crippen LogP contribution in [-0.4, -0.2) is 9.36 Å². The van der Waals surface area contributed by atoms with E-state index >= 15 is 0 Å². The summed E-state index contributed by atoms with van der Waals surface area (Å²) >= 11 is 1.21. The fraction of sp³-hybridized carbons (Fsp3) is 0.150. The lowest BCUT2D eigenvalue weighted by Gasteiger charge is -2.07. The zero-order valence-corrected chi connectivity index (χ0v) is 15.1. The van der Waals surface area contributed by atoms with E-state index in [1.165, 1.54) is 17.6 Å². The first-order chi connectivity index (χ1) is 12.6. The highest BCUT2D eigenvalue weighted by molar-refractivity contribution is 7.07. The van der Waals surface area contributed by atoms with Crippen molar-refractivity contribution in [3.8, 4) is 22.1 Å². The Morgan fingerprint density at radius 2 is 1.88 bits per heavy atom. The first-order valence-corrected chi connectivity index (χ1v) is 9.02. The van der Waals surface area contributed by atoms with Crippen LogP contribution >= 0.6 is 11.5 Å². The van der Waals surface area contributed by atoms with Crippen LogP contribution in [0.4, 0.5) is 0 Å². The second kappa shape index (κ2) is 6.72. The third-order valence-electron chi connectivity index (χ3n) is 3.95. The highest BCUT2D eigenvalue weighted by atomic mass is 32.1. The minimum Gasteiger partial charge on any atom is -0.430 e. The van der Waals surface area contributed by atoms with Crippen molar-refractivity contribution in [1.82, 2.24) is 9.36 Å². The van der Waals surface area contributed by atoms with E-state index in [2.05, 4.69) is 9.36 Å². The maximum Gasteiger partial charge on any atom is 0.336 e. The highest BCUT2D eigenvalue weighted by Crippen LogP contribution is 2.32. The second-order valence-corrected chi connectivity index (χ2v) is 6.89. The van der Waals surface area contributed by atoms with Crippen molar-refractivity contribution in [2.45, 2.75) is 19.8 Å². The van der Waals surface area contributed by atoms with Crippen molar-refractivity contribution < 1.29 is 9.15 Å². The number of rotatable bonds is 4. The van der Waals surface area contributed by atoms with Crippen LogP contribution in [0.15, 0.2) is 63.8 Å². The Labute approximate surface area is 154 Å². The summed E-state index contributed by atoms with van der Waals surface area (Å²) in [4.78, 5) is 16.4. The van der Waals surface area contributed by atoms with E-state index in [9.17, 15) is 4.79 Å². The van der Waals surface area contributed by atoms with Crippen molar-refractivity contribution in [3.63, 3.8) is 0 Å². The molecule has 0 atom stereocenters. The molecule has 6 heteroatoms. The zero-order valence-electron chi connectivity index (χ0n) is 14.3. The van der Waals surface area contributed by atoms with E-state index in [0.29, 0.717) is 16.5 Å². The summed E-state index contributed by atoms with van der Waals surface area (Å²) in [5.41, 5.74) is 1.88. The van der Waals surface area contributed by atoms with Crippen LogP contribution in [0.2, 0.25) is 0 Å². The molecule has 2 aromatic heterocycles. The Bertz CT molecular complexity index is 1120. The molecule has 4 aromatic rings. The van der Waals surface area contributed by atoms with Crippen LogP contribution in [0.1, 0.15) is 25.6 Å². The quantitative estimate of drug-likeness (QED) is 0.464. The average molecular weight is 364 g/mol. The largest absolute Gasteiger partial charge is 0.430 e. The van der Waals surface area contributed by atoms with Crippen LogP contribution < -0.4 is 10.4 Å². The van der Waals surface area contributed by atoms with E-state index in [-0.39, 0.29) is 5.92 Å². The summed E-state index contributed by atoms with van der Waals surface area (Å²) in [7, 11) is 0. The normalized spacial score (nSPS) is 11.2. The van der Waals surface area contributed by atoms with Gasteiger partial charge < -0.3 is 9.15 Å². The molecule has 26 heavy (non-hydrogen) atoms. The molecule has 0 saturated carbocycles. The molecule has 0 fully saturated rings. The van der Waals surface area contributed by atoms with Crippen molar-refractivity contribution >= 4 is 22.5 Å². The molecular formula is C20H16N2O3S. The predicted molar refractivity (Wildman–Crippen MR) is 102 cm³/mol. The van der Waals surface area contributed by atoms with Crippen molar-refractivity contribution in [2.75, 3.05) is 0 Å². The smallest absolute Gasteiger partial charge is 0.336 e. The van der Waals surface area contributed by atoms with E-state index in [1.54, 1.807) is 6.07 Å². The molecular weight excluding hydrogens is 348 g/mol. The van der Waals surface area contributed by atoms with Crippen LogP contribution in [0.3, 0.4) is 0 Å². The fourth-order valence-corrected chi connectivity index (χ4v) is 3.35. The Kier molecular flexibility index (Phi) is 4.26. The zero-order chi connectivity index (χ0) is 18.1. The van der Waals surface area contributed by atoms with Gasteiger partial charge in [0, 0.05) is 35.0 Å². The number of ether oxygens (including phenoxy) is 1. The van der Waals surface area contributed by atoms with Gasteiger partial charge in [-0.25, -0.2) is 4.79 Å². The number of hydrogen-bond acceptors (Lipinski definition) is 6. The number of benzene rings is 2. The molecule has 0 saturated heterocycles. The summed E-state index contributed by atoms with van der Waals surface area (Å²) in [5, 5.41) is 1.32. The standard InChI is InChI=1S/C20H16N2O3S/c1-12(2)19-21-20(26-22-19)24-14-8-9-15-16(13-6-4-3-5-7-13)11-18(23)25-17(15)10-14/h3-12H,1-2H3. The summed E-state index contributed by atoms with van der Waals surface area (Å²) < 4.78 is 15.4. The summed E-state index contributed by atoms with van der Waals surface area (Å²) in [6.07, 6.45) is 0. The Morgan fingerprint density at radius 3 is 2.62 bits per heavy atom. The molecule has 5 nitrogen and oxygen atoms in total. The maximum absolute atomic E-state index is 12.0. The van der Waals surface area contributed by atoms with Gasteiger partial charge in [0.25, 0.3) is 5.19 Å². The SMILES string of the molecule is CC(C)c1nsc(Oc2ccc3c(-c4ccccc4)cc(=O)oc3c2)n1. The minimum absolute atomic E-state index is 0.242. The topological polar surface area (TPSA) is 65.2 Å². The predicted octanol–water partition coefficient (Wildman–Crippen LogP) is 5.23. The van der Waals surface area contributed by atoms with Gasteiger partial charge in [0.1, 0.15) is 17.2 Å². The van der Waals surface area contributed by atoms with E-state index in [0.717, 1.165) is 22.3 Å². The summed E-state index contributed by atoms with van der Waals surface area (Å²) in [6.45, 7) is 4.06. The molecule has 0 aliphatic carbocycles. The molecule has 0 amide bonds. The molecule has 2 heterocycles. The Balaban J connectivity index is 1.74. The highest BCUT2D eigenvalue weighted by Gasteiger charge is 2.12. The molecule has 2 aromatic carbocycles. The lowest BCUT2D eigenvalue weighted by molar-refractivity contribution is 0.474. The van der Waals surface area contributed by atoms with Crippen LogP contribution in [-0.2, 0) is 0 Å². The molecule has 0 bridgehead atoms. The monoisotopic (exact) mass is 364 g/mol. The number of hydrogen-bond donors (Lipinski definition) is 0. The summed E-state index contributed by atoms with van der Waals surface area (Å²) in [6, 6.07) is 16.7. The second-order valence-electron chi connectivity index (χ2n) is 6.18. The van der Waals surface area contributed by atoms with Gasteiger partial charge in [-0.3, -0.25) is 0 Å². The molecule has 130 valence electrons. The lowest BCUT2D eigenvalue weighted by Crippen LogP contribution is -1.98. The van der Waals surface area contributed by atoms with Crippen LogP contribution in [0.5, 0.6) is 10.9 Å². The summed E-state index contributed by atoms with van der Waals surface area (Å²) in [5.74, 6) is 1.55. The van der Waals surface area contributed by atoms with Gasteiger partial charge in [-0.05, 0) is 23.3 Å². The molecule has 4 rings (SSSR count). The van der Waals surface area contributed by atoms with Crippen LogP contribution in [0, 0.1) is 0 Å². The Hall–Kier alpha value is -2.99. The van der Waals surface area contributed by atoms with Gasteiger partial charge in [-0.1, -0.05) is 44.2 Å². The van der Waals surface area contributed by atoms with Gasteiger partial charge in [0.15, 0.2) is 0 Å². The lowest BCUT2D eigenvalue weighted by atomic mass is 10.0. The van der Waals surface area contributed by atoms with E-state index in [4.69, 9.17) is 9.15 Å². The third kappa shape index (κ3) is 3.23. The van der Waals surface area contributed by atoms with Crippen molar-refractivity contribution in [2.24, 2.45) is 0 Å². The minimum atomic E-state index is -0.397. The van der Waals surface area contributed by atoms with E-state index in [1.807, 2.05) is 56.3 Å². The number of nitrogens with zero attached hydrogens (tertiary/aromatic N) is 2. The van der Waals surface area contributed by atoms with Crippen molar-refractivity contribution in [3.05, 3.63) is 70.8 Å². The van der Waals surface area contributed by atoms with E-state index < -0.39 is 5.63 Å². The molecule has 0 unspecified atom stereocenters. The molecule has 0 radical (unpaired) electrons. The Morgan fingerprint density at radius 1 is 1.08 bits per heavy atom. The van der Waals surface area contributed by atoms with Gasteiger partial charge in [0.2, 0.25) is 0 Å². The average Bonchev–Trinajstić information content (AvgIpc) is 3.10. The van der Waals surface area contributed by atoms with Crippen molar-refractivity contribution in [1.29, 1.82) is 0 Å². The molecule has 0 N–H and O–H groups in total. The first-order valence-electron chi connectivity index (χ1n) is 8.25. The molecule has 0 aliphatic rings. The maximum atomic E-state index is 12.0. The number of aromatic nitrogens is 2. The van der Waals surface area contributed by atoms with Gasteiger partial charge >= 0.3 is 5.63 Å². The van der Waals surface area contributed by atoms with Crippen LogP contribution in [0.25, 0.3) is 22.1 Å².